The Balaban J connectivity index is 2.16. The van der Waals surface area contributed by atoms with E-state index in [2.05, 4.69) is 34.8 Å². The van der Waals surface area contributed by atoms with Gasteiger partial charge in [0, 0.05) is 13.8 Å². The number of nitrogens with one attached hydrogen (secondary N) is 1. The Hall–Kier alpha value is -0.0400. The van der Waals surface area contributed by atoms with Gasteiger partial charge in [0.1, 0.15) is 0 Å². The number of hydrogen-bond acceptors (Lipinski definition) is 2. The van der Waals surface area contributed by atoms with Gasteiger partial charge in [-0.3, -0.25) is 0 Å². The maximum atomic E-state index is 3.45. The summed E-state index contributed by atoms with van der Waals surface area (Å²) < 4.78 is 3.45. The van der Waals surface area contributed by atoms with Crippen molar-refractivity contribution in [1.82, 2.24) is 4.49 Å². The molecule has 1 saturated heterocycles. The minimum absolute atomic E-state index is 0.0273. The maximum Gasteiger partial charge on any atom is 0.0136 e. The van der Waals surface area contributed by atoms with E-state index in [1.54, 1.807) is 0 Å². The molecule has 0 aromatic heterocycles. The SMILES string of the molecule is c1ccc(P2CCSN2)cc1. The van der Waals surface area contributed by atoms with Gasteiger partial charge in [-0.05, 0) is 11.5 Å². The van der Waals surface area contributed by atoms with Crippen molar-refractivity contribution in [3.63, 3.8) is 0 Å². The van der Waals surface area contributed by atoms with Crippen molar-refractivity contribution in [1.29, 1.82) is 0 Å². The van der Waals surface area contributed by atoms with E-state index >= 15 is 0 Å². The lowest BCUT2D eigenvalue weighted by Crippen LogP contribution is -2.05. The van der Waals surface area contributed by atoms with Crippen molar-refractivity contribution in [2.75, 3.05) is 11.9 Å². The highest BCUT2D eigenvalue weighted by Crippen LogP contribution is 2.38. The van der Waals surface area contributed by atoms with Crippen molar-refractivity contribution < 1.29 is 0 Å². The van der Waals surface area contributed by atoms with Crippen LogP contribution in [-0.4, -0.2) is 11.9 Å². The molecule has 0 spiro atoms. The van der Waals surface area contributed by atoms with E-state index in [1.807, 2.05) is 11.9 Å². The molecule has 0 radical (unpaired) electrons. The fourth-order valence-electron chi connectivity index (χ4n) is 1.10. The van der Waals surface area contributed by atoms with E-state index in [9.17, 15) is 0 Å². The molecule has 1 aromatic carbocycles. The molecule has 58 valence electrons. The zero-order valence-electron chi connectivity index (χ0n) is 6.16. The first-order valence-corrected chi connectivity index (χ1v) is 6.18. The average molecular weight is 183 g/mol. The van der Waals surface area contributed by atoms with Gasteiger partial charge in [-0.2, -0.15) is 0 Å². The minimum Gasteiger partial charge on any atom is -0.237 e. The van der Waals surface area contributed by atoms with Crippen LogP contribution in [0.25, 0.3) is 0 Å². The van der Waals surface area contributed by atoms with Crippen molar-refractivity contribution in [3.8, 4) is 0 Å². The fourth-order valence-corrected chi connectivity index (χ4v) is 4.76. The van der Waals surface area contributed by atoms with Crippen molar-refractivity contribution in [3.05, 3.63) is 30.3 Å². The van der Waals surface area contributed by atoms with Gasteiger partial charge in [-0.25, -0.2) is 4.49 Å². The molecule has 1 nitrogen and oxygen atoms in total. The first-order chi connectivity index (χ1) is 5.47. The lowest BCUT2D eigenvalue weighted by molar-refractivity contribution is 1.55. The Labute approximate surface area is 72.5 Å². The van der Waals surface area contributed by atoms with Crippen LogP contribution in [-0.2, 0) is 0 Å². The fraction of sp³-hybridized carbons (Fsp3) is 0.250. The molecule has 0 amide bonds. The molecule has 1 aromatic rings. The first kappa shape index (κ1) is 7.60. The van der Waals surface area contributed by atoms with Crippen LogP contribution in [0.15, 0.2) is 30.3 Å². The Morgan fingerprint density at radius 2 is 2.09 bits per heavy atom. The summed E-state index contributed by atoms with van der Waals surface area (Å²) in [6.45, 7) is 0. The Bertz CT molecular complexity index is 221. The van der Waals surface area contributed by atoms with Crippen LogP contribution in [0.5, 0.6) is 0 Å². The van der Waals surface area contributed by atoms with Crippen LogP contribution in [0, 0.1) is 0 Å². The summed E-state index contributed by atoms with van der Waals surface area (Å²) in [5.74, 6) is 1.26. The third kappa shape index (κ3) is 1.76. The summed E-state index contributed by atoms with van der Waals surface area (Å²) in [5, 5.41) is 1.48. The zero-order chi connectivity index (χ0) is 7.52. The molecular formula is C8H10NPS. The summed E-state index contributed by atoms with van der Waals surface area (Å²) in [6.07, 6.45) is 1.32. The molecule has 1 fully saturated rings. The zero-order valence-corrected chi connectivity index (χ0v) is 7.87. The second-order valence-corrected chi connectivity index (χ2v) is 5.67. The lowest BCUT2D eigenvalue weighted by Gasteiger charge is -2.07. The largest absolute Gasteiger partial charge is 0.237 e. The van der Waals surface area contributed by atoms with Crippen LogP contribution in [0.3, 0.4) is 0 Å². The van der Waals surface area contributed by atoms with Gasteiger partial charge in [0.25, 0.3) is 0 Å². The summed E-state index contributed by atoms with van der Waals surface area (Å²) in [4.78, 5) is 0. The third-order valence-electron chi connectivity index (χ3n) is 1.66. The summed E-state index contributed by atoms with van der Waals surface area (Å²) in [5.41, 5.74) is 0. The van der Waals surface area contributed by atoms with E-state index in [0.29, 0.717) is 0 Å². The normalized spacial score (nSPS) is 23.8. The maximum absolute atomic E-state index is 3.45. The summed E-state index contributed by atoms with van der Waals surface area (Å²) >= 11 is 1.86. The van der Waals surface area contributed by atoms with Gasteiger partial charge >= 0.3 is 0 Å². The molecule has 1 unspecified atom stereocenters. The molecule has 1 atom stereocenters. The van der Waals surface area contributed by atoms with Crippen molar-refractivity contribution in [2.24, 2.45) is 0 Å². The standard InChI is InChI=1S/C8H10NPS/c1-2-4-8(5-3-1)10-6-7-11-9-10/h1-5,9H,6-7H2. The quantitative estimate of drug-likeness (QED) is 0.527. The average Bonchev–Trinajstić information content (AvgIpc) is 2.58. The molecule has 1 aliphatic rings. The second kappa shape index (κ2) is 3.57. The molecule has 0 aliphatic carbocycles. The Kier molecular flexibility index (Phi) is 2.47. The Morgan fingerprint density at radius 1 is 1.27 bits per heavy atom. The van der Waals surface area contributed by atoms with Gasteiger partial charge in [0.05, 0.1) is 0 Å². The second-order valence-electron chi connectivity index (χ2n) is 2.43. The van der Waals surface area contributed by atoms with Gasteiger partial charge in [-0.15, -0.1) is 0 Å². The minimum atomic E-state index is -0.0273. The first-order valence-electron chi connectivity index (χ1n) is 3.67. The summed E-state index contributed by atoms with van der Waals surface area (Å²) in [6, 6.07) is 10.7. The van der Waals surface area contributed by atoms with E-state index in [0.717, 1.165) is 0 Å². The number of benzene rings is 1. The molecule has 11 heavy (non-hydrogen) atoms. The van der Waals surface area contributed by atoms with E-state index in [4.69, 9.17) is 0 Å². The number of rotatable bonds is 1. The Morgan fingerprint density at radius 3 is 2.73 bits per heavy atom. The molecule has 3 heteroatoms. The highest BCUT2D eigenvalue weighted by molar-refractivity contribution is 8.05. The van der Waals surface area contributed by atoms with Crippen LogP contribution >= 0.6 is 20.0 Å². The third-order valence-corrected chi connectivity index (χ3v) is 5.36. The van der Waals surface area contributed by atoms with E-state index in [1.165, 1.54) is 17.2 Å². The van der Waals surface area contributed by atoms with E-state index < -0.39 is 0 Å². The van der Waals surface area contributed by atoms with Gasteiger partial charge in [0.15, 0.2) is 0 Å². The smallest absolute Gasteiger partial charge is 0.0136 e. The van der Waals surface area contributed by atoms with Gasteiger partial charge in [-0.1, -0.05) is 42.3 Å². The number of hydrogen-bond donors (Lipinski definition) is 1. The predicted octanol–water partition coefficient (Wildman–Crippen LogP) is 1.96. The van der Waals surface area contributed by atoms with Gasteiger partial charge < -0.3 is 0 Å². The monoisotopic (exact) mass is 183 g/mol. The topological polar surface area (TPSA) is 12.0 Å². The molecule has 2 rings (SSSR count). The lowest BCUT2D eigenvalue weighted by atomic mass is 10.4. The van der Waals surface area contributed by atoms with Crippen molar-refractivity contribution >= 4 is 25.3 Å². The molecule has 1 heterocycles. The molecule has 0 saturated carbocycles. The highest BCUT2D eigenvalue weighted by atomic mass is 32.2. The molecule has 1 aliphatic heterocycles. The summed E-state index contributed by atoms with van der Waals surface area (Å²) in [7, 11) is -0.0273. The van der Waals surface area contributed by atoms with E-state index in [-0.39, 0.29) is 8.07 Å². The molecular weight excluding hydrogens is 173 g/mol. The molecule has 0 bridgehead atoms. The predicted molar refractivity (Wildman–Crippen MR) is 53.5 cm³/mol. The van der Waals surface area contributed by atoms with Crippen LogP contribution < -0.4 is 9.80 Å². The van der Waals surface area contributed by atoms with Crippen LogP contribution in [0.4, 0.5) is 0 Å². The molecule has 1 N–H and O–H groups in total. The van der Waals surface area contributed by atoms with Gasteiger partial charge in [0.2, 0.25) is 0 Å². The van der Waals surface area contributed by atoms with Crippen molar-refractivity contribution in [2.45, 2.75) is 0 Å². The highest BCUT2D eigenvalue weighted by Gasteiger charge is 2.15. The van der Waals surface area contributed by atoms with Crippen LogP contribution in [0.2, 0.25) is 0 Å². The van der Waals surface area contributed by atoms with Crippen LogP contribution in [0.1, 0.15) is 0 Å².